The van der Waals surface area contributed by atoms with Crippen LogP contribution >= 0.6 is 48.0 Å². The Morgan fingerprint density at radius 1 is 0.673 bits per heavy atom. The zero-order valence-corrected chi connectivity index (χ0v) is 39.7. The van der Waals surface area contributed by atoms with Crippen LogP contribution in [0.2, 0.25) is 10.0 Å². The molecule has 0 aromatic heterocycles. The molecular formula is C50H54Cl4Zr. The molecule has 0 N–H and O–H groups in total. The first-order valence-electron chi connectivity index (χ1n) is 19.3. The van der Waals surface area contributed by atoms with Crippen LogP contribution in [0.5, 0.6) is 0 Å². The van der Waals surface area contributed by atoms with Crippen molar-refractivity contribution in [2.24, 2.45) is 11.3 Å². The second kappa shape index (κ2) is 14.5. The summed E-state index contributed by atoms with van der Waals surface area (Å²) >= 11 is 8.99. The minimum atomic E-state index is -4.04. The first-order valence-corrected chi connectivity index (χ1v) is 25.3. The standard InChI is InChI=1S/C25H25.C11H17.2C7H5Cl.2ClH.Zr/c1-14-12-24(3,4)22-8-16-7-17-9-23-19(15(2)13-25(23,5)6)11-21(17)20(16)10-18(14)22;1-8-6-9(2)10(7-8)11(3,4)5;2*1-6-2-4-7(8)5-3-6;;;/h8-12H,7H2,1-6H3;7-8H,1-5H3;2*1-5H;2*1H;. The number of hydrogen-bond acceptors (Lipinski definition) is 0. The largest absolute Gasteiger partial charge is 0.147 e. The van der Waals surface area contributed by atoms with Gasteiger partial charge in [0.15, 0.2) is 0 Å². The molecule has 0 nitrogen and oxygen atoms in total. The van der Waals surface area contributed by atoms with Crippen molar-refractivity contribution in [2.45, 2.75) is 93.4 Å². The Kier molecular flexibility index (Phi) is 11.1. The number of allylic oxidation sites excluding steroid dienone is 8. The Bertz CT molecular complexity index is 2460. The third-order valence-corrected chi connectivity index (χ3v) is 25.9. The first-order chi connectivity index (χ1) is 24.8. The number of fused-ring (bicyclic) bond motifs is 5. The van der Waals surface area contributed by atoms with Crippen LogP contribution in [0.4, 0.5) is 0 Å². The van der Waals surface area contributed by atoms with Crippen LogP contribution in [0, 0.1) is 11.3 Å². The summed E-state index contributed by atoms with van der Waals surface area (Å²) in [5, 5.41) is 1.54. The van der Waals surface area contributed by atoms with Crippen LogP contribution in [-0.4, -0.2) is 7.42 Å². The van der Waals surface area contributed by atoms with Gasteiger partial charge in [-0.1, -0.05) is 0 Å². The number of hydrogen-bond donors (Lipinski definition) is 0. The van der Waals surface area contributed by atoms with Gasteiger partial charge in [0.25, 0.3) is 0 Å². The molecule has 0 bridgehead atoms. The average molecular weight is 888 g/mol. The maximum atomic E-state index is 6.52. The van der Waals surface area contributed by atoms with E-state index in [-0.39, 0.29) is 41.1 Å². The van der Waals surface area contributed by atoms with Gasteiger partial charge in [0.05, 0.1) is 0 Å². The zero-order chi connectivity index (χ0) is 38.0. The van der Waals surface area contributed by atoms with Gasteiger partial charge in [-0.05, 0) is 0 Å². The molecule has 4 aromatic rings. The van der Waals surface area contributed by atoms with Crippen molar-refractivity contribution in [3.05, 3.63) is 157 Å². The summed E-state index contributed by atoms with van der Waals surface area (Å²) in [5.41, 5.74) is 19.8. The molecule has 5 heteroatoms. The summed E-state index contributed by atoms with van der Waals surface area (Å²) in [5.74, 6) is 0.325. The van der Waals surface area contributed by atoms with E-state index in [1.165, 1.54) is 77.9 Å². The van der Waals surface area contributed by atoms with E-state index in [0.29, 0.717) is 5.92 Å². The number of benzene rings is 4. The van der Waals surface area contributed by atoms with E-state index in [1.807, 2.05) is 0 Å². The molecule has 4 aliphatic carbocycles. The molecule has 4 aliphatic rings. The van der Waals surface area contributed by atoms with Gasteiger partial charge in [0.2, 0.25) is 0 Å². The molecular weight excluding hydrogens is 834 g/mol. The zero-order valence-electron chi connectivity index (χ0n) is 34.1. The Labute approximate surface area is 356 Å². The van der Waals surface area contributed by atoms with Crippen molar-refractivity contribution >= 4 is 66.6 Å². The minimum Gasteiger partial charge on any atom is -0.147 e. The minimum absolute atomic E-state index is 0. The molecule has 0 saturated heterocycles. The van der Waals surface area contributed by atoms with Crippen LogP contribution < -0.4 is 0 Å². The summed E-state index contributed by atoms with van der Waals surface area (Å²) in [6, 6.07) is 27.3. The van der Waals surface area contributed by atoms with Crippen LogP contribution in [0.15, 0.2) is 103 Å². The Balaban J connectivity index is 0.00000257. The van der Waals surface area contributed by atoms with Crippen molar-refractivity contribution < 1.29 is 19.3 Å². The van der Waals surface area contributed by atoms with Gasteiger partial charge in [0, 0.05) is 0 Å². The molecule has 0 spiro atoms. The van der Waals surface area contributed by atoms with E-state index in [2.05, 4.69) is 169 Å². The van der Waals surface area contributed by atoms with Gasteiger partial charge >= 0.3 is 334 Å². The Morgan fingerprint density at radius 3 is 1.65 bits per heavy atom. The fourth-order valence-corrected chi connectivity index (χ4v) is 25.6. The van der Waals surface area contributed by atoms with Crippen molar-refractivity contribution in [2.75, 3.05) is 0 Å². The van der Waals surface area contributed by atoms with E-state index in [1.54, 1.807) is 6.56 Å². The SMILES string of the molecule is CC1=CC(C)(C)c2cc3c(cc21)-c1cc2c(cc1C3)C(C)(C)[C]([Zr](=[CH]c1ccc(Cl)cc1)(=[CH]c1ccc(Cl)cc1)[C]1=C(C)C(C(C)(C)C)=CC1C)=C2C.Cl.Cl. The van der Waals surface area contributed by atoms with Crippen LogP contribution in [0.3, 0.4) is 0 Å². The monoisotopic (exact) mass is 884 g/mol. The molecule has 55 heavy (non-hydrogen) atoms. The van der Waals surface area contributed by atoms with Crippen molar-refractivity contribution in [1.82, 2.24) is 0 Å². The van der Waals surface area contributed by atoms with E-state index >= 15 is 0 Å². The predicted octanol–water partition coefficient (Wildman–Crippen LogP) is 14.9. The van der Waals surface area contributed by atoms with Gasteiger partial charge in [-0.25, -0.2) is 0 Å². The smallest absolute Gasteiger partial charge is 0.147 e. The van der Waals surface area contributed by atoms with Crippen molar-refractivity contribution in [1.29, 1.82) is 0 Å². The molecule has 0 aliphatic heterocycles. The summed E-state index contributed by atoms with van der Waals surface area (Å²) in [6.45, 7) is 26.4. The summed E-state index contributed by atoms with van der Waals surface area (Å²) in [6.07, 6.45) is 6.02. The Hall–Kier alpha value is -2.38. The maximum absolute atomic E-state index is 6.52. The summed E-state index contributed by atoms with van der Waals surface area (Å²) in [4.78, 5) is 0. The molecule has 0 fully saturated rings. The Morgan fingerprint density at radius 2 is 1.16 bits per heavy atom. The first kappa shape index (κ1) is 42.2. The summed E-state index contributed by atoms with van der Waals surface area (Å²) < 4.78 is 8.78. The molecule has 0 heterocycles. The third kappa shape index (κ3) is 6.81. The van der Waals surface area contributed by atoms with Gasteiger partial charge in [-0.2, -0.15) is 0 Å². The molecule has 1 atom stereocenters. The molecule has 0 radical (unpaired) electrons. The van der Waals surface area contributed by atoms with E-state index in [0.717, 1.165) is 16.5 Å². The molecule has 0 amide bonds. The molecule has 8 rings (SSSR count). The third-order valence-electron chi connectivity index (χ3n) is 12.8. The van der Waals surface area contributed by atoms with Crippen LogP contribution in [0.1, 0.15) is 121 Å². The van der Waals surface area contributed by atoms with Gasteiger partial charge < -0.3 is 0 Å². The van der Waals surface area contributed by atoms with Gasteiger partial charge in [-0.15, -0.1) is 24.8 Å². The van der Waals surface area contributed by atoms with E-state index < -0.39 is 19.3 Å². The fourth-order valence-electron chi connectivity index (χ4n) is 10.8. The fraction of sp³-hybridized carbons (Fsp3) is 0.320. The van der Waals surface area contributed by atoms with Crippen molar-refractivity contribution in [3.63, 3.8) is 0 Å². The van der Waals surface area contributed by atoms with E-state index in [9.17, 15) is 0 Å². The van der Waals surface area contributed by atoms with Crippen molar-refractivity contribution in [3.8, 4) is 11.1 Å². The molecule has 1 unspecified atom stereocenters. The number of rotatable bonds is 4. The summed E-state index contributed by atoms with van der Waals surface area (Å²) in [7, 11) is 0. The predicted molar refractivity (Wildman–Crippen MR) is 244 cm³/mol. The quantitative estimate of drug-likeness (QED) is 0.169. The molecule has 286 valence electrons. The maximum Gasteiger partial charge on any atom is -0.147 e. The van der Waals surface area contributed by atoms with Crippen LogP contribution in [0.25, 0.3) is 22.3 Å². The normalized spacial score (nSPS) is 18.5. The number of halogens is 4. The van der Waals surface area contributed by atoms with Gasteiger partial charge in [-0.3, -0.25) is 0 Å². The van der Waals surface area contributed by atoms with Crippen LogP contribution in [-0.2, 0) is 36.5 Å². The average Bonchev–Trinajstić information content (AvgIpc) is 3.72. The second-order valence-electron chi connectivity index (χ2n) is 18.4. The molecule has 4 aromatic carbocycles. The van der Waals surface area contributed by atoms with E-state index in [4.69, 9.17) is 23.2 Å². The topological polar surface area (TPSA) is 0 Å². The molecule has 0 saturated carbocycles. The van der Waals surface area contributed by atoms with Gasteiger partial charge in [0.1, 0.15) is 0 Å². The second-order valence-corrected chi connectivity index (χ2v) is 27.5.